The summed E-state index contributed by atoms with van der Waals surface area (Å²) in [6.07, 6.45) is 0. The predicted molar refractivity (Wildman–Crippen MR) is 53.1 cm³/mol. The molecule has 0 saturated heterocycles. The van der Waals surface area contributed by atoms with E-state index < -0.39 is 11.9 Å². The number of thiophene rings is 1. The number of Topliss-reactive ketones (excluding diaryl/α,β-unsaturated/α-hetero) is 1. The first kappa shape index (κ1) is 10.4. The molecule has 1 aromatic heterocycles. The average molecular weight is 263 g/mol. The molecule has 0 fully saturated rings. The standard InChI is InChI=1S/C8H7BrO3S/c1-4(8(11)12)7(10)5-2-3-6(9)13-5/h2-4H,1H3,(H,11,12). The molecule has 1 aromatic rings. The number of carbonyl (C=O) groups is 2. The maximum atomic E-state index is 11.4. The number of carbonyl (C=O) groups excluding carboxylic acids is 1. The Balaban J connectivity index is 2.85. The van der Waals surface area contributed by atoms with Crippen molar-refractivity contribution in [2.45, 2.75) is 6.92 Å². The number of halogens is 1. The van der Waals surface area contributed by atoms with Gasteiger partial charge in [0, 0.05) is 0 Å². The number of ketones is 1. The first-order valence-electron chi connectivity index (χ1n) is 3.54. The van der Waals surface area contributed by atoms with E-state index in [2.05, 4.69) is 15.9 Å². The molecule has 1 rings (SSSR count). The molecule has 5 heteroatoms. The maximum absolute atomic E-state index is 11.4. The minimum Gasteiger partial charge on any atom is -0.481 e. The fraction of sp³-hybridized carbons (Fsp3) is 0.250. The Morgan fingerprint density at radius 2 is 2.15 bits per heavy atom. The van der Waals surface area contributed by atoms with Crippen LogP contribution in [0.2, 0.25) is 0 Å². The van der Waals surface area contributed by atoms with Crippen LogP contribution in [0.5, 0.6) is 0 Å². The molecule has 1 heterocycles. The summed E-state index contributed by atoms with van der Waals surface area (Å²) in [7, 11) is 0. The Kier molecular flexibility index (Phi) is 3.22. The highest BCUT2D eigenvalue weighted by Gasteiger charge is 2.22. The first-order chi connectivity index (χ1) is 6.02. The molecule has 0 aliphatic carbocycles. The van der Waals surface area contributed by atoms with Crippen LogP contribution in [0.3, 0.4) is 0 Å². The van der Waals surface area contributed by atoms with Gasteiger partial charge < -0.3 is 5.11 Å². The van der Waals surface area contributed by atoms with Crippen LogP contribution < -0.4 is 0 Å². The van der Waals surface area contributed by atoms with Crippen molar-refractivity contribution in [1.82, 2.24) is 0 Å². The molecule has 1 N–H and O–H groups in total. The largest absolute Gasteiger partial charge is 0.481 e. The van der Waals surface area contributed by atoms with Gasteiger partial charge in [-0.1, -0.05) is 0 Å². The first-order valence-corrected chi connectivity index (χ1v) is 5.15. The number of carboxylic acids is 1. The highest BCUT2D eigenvalue weighted by molar-refractivity contribution is 9.11. The number of carboxylic acid groups (broad SMARTS) is 1. The van der Waals surface area contributed by atoms with Crippen molar-refractivity contribution >= 4 is 39.0 Å². The van der Waals surface area contributed by atoms with Crippen molar-refractivity contribution in [3.8, 4) is 0 Å². The van der Waals surface area contributed by atoms with Gasteiger partial charge >= 0.3 is 5.97 Å². The zero-order valence-electron chi connectivity index (χ0n) is 6.78. The second-order valence-corrected chi connectivity index (χ2v) is 4.99. The lowest BCUT2D eigenvalue weighted by atomic mass is 10.1. The molecule has 13 heavy (non-hydrogen) atoms. The Morgan fingerprint density at radius 1 is 1.54 bits per heavy atom. The van der Waals surface area contributed by atoms with Gasteiger partial charge in [0.1, 0.15) is 5.92 Å². The Labute approximate surface area is 87.5 Å². The normalized spacial score (nSPS) is 12.5. The van der Waals surface area contributed by atoms with Gasteiger partial charge in [-0.05, 0) is 35.0 Å². The van der Waals surface area contributed by atoms with Crippen LogP contribution in [0.25, 0.3) is 0 Å². The third-order valence-corrected chi connectivity index (χ3v) is 3.22. The molecule has 0 aliphatic heterocycles. The quantitative estimate of drug-likeness (QED) is 0.673. The van der Waals surface area contributed by atoms with E-state index in [1.807, 2.05) is 0 Å². The highest BCUT2D eigenvalue weighted by Crippen LogP contribution is 2.24. The molecule has 3 nitrogen and oxygen atoms in total. The minimum atomic E-state index is -1.09. The van der Waals surface area contributed by atoms with Gasteiger partial charge in [0.15, 0.2) is 5.78 Å². The molecule has 70 valence electrons. The zero-order valence-corrected chi connectivity index (χ0v) is 9.18. The van der Waals surface area contributed by atoms with Crippen LogP contribution in [0, 0.1) is 5.92 Å². The van der Waals surface area contributed by atoms with E-state index in [1.165, 1.54) is 18.3 Å². The molecular weight excluding hydrogens is 256 g/mol. The molecule has 0 radical (unpaired) electrons. The summed E-state index contributed by atoms with van der Waals surface area (Å²) >= 11 is 4.45. The Hall–Kier alpha value is -0.680. The lowest BCUT2D eigenvalue weighted by Crippen LogP contribution is -2.19. The Morgan fingerprint density at radius 3 is 2.54 bits per heavy atom. The van der Waals surface area contributed by atoms with Crippen LogP contribution in [0.15, 0.2) is 15.9 Å². The van der Waals surface area contributed by atoms with Crippen molar-refractivity contribution < 1.29 is 14.7 Å². The number of aliphatic carboxylic acids is 1. The summed E-state index contributed by atoms with van der Waals surface area (Å²) in [6, 6.07) is 3.35. The van der Waals surface area contributed by atoms with Gasteiger partial charge in [-0.25, -0.2) is 0 Å². The Bertz CT molecular complexity index is 345. The lowest BCUT2D eigenvalue weighted by molar-refractivity contribution is -0.139. The monoisotopic (exact) mass is 262 g/mol. The van der Waals surface area contributed by atoms with Gasteiger partial charge in [0.25, 0.3) is 0 Å². The number of hydrogen-bond acceptors (Lipinski definition) is 3. The van der Waals surface area contributed by atoms with Crippen molar-refractivity contribution in [3.63, 3.8) is 0 Å². The fourth-order valence-electron chi connectivity index (χ4n) is 0.772. The smallest absolute Gasteiger partial charge is 0.314 e. The molecule has 0 saturated carbocycles. The molecule has 0 spiro atoms. The third-order valence-electron chi connectivity index (χ3n) is 1.58. The fourth-order valence-corrected chi connectivity index (χ4v) is 2.19. The summed E-state index contributed by atoms with van der Waals surface area (Å²) in [5.74, 6) is -2.40. The summed E-state index contributed by atoms with van der Waals surface area (Å²) in [5, 5.41) is 8.59. The number of hydrogen-bond donors (Lipinski definition) is 1. The van der Waals surface area contributed by atoms with Gasteiger partial charge in [-0.2, -0.15) is 0 Å². The van der Waals surface area contributed by atoms with E-state index in [0.717, 1.165) is 3.79 Å². The summed E-state index contributed by atoms with van der Waals surface area (Å²) < 4.78 is 0.827. The van der Waals surface area contributed by atoms with Crippen LogP contribution in [0.1, 0.15) is 16.6 Å². The summed E-state index contributed by atoms with van der Waals surface area (Å²) in [4.78, 5) is 22.4. The van der Waals surface area contributed by atoms with Crippen LogP contribution in [-0.2, 0) is 4.79 Å². The van der Waals surface area contributed by atoms with Crippen LogP contribution in [0.4, 0.5) is 0 Å². The van der Waals surface area contributed by atoms with Crippen molar-refractivity contribution in [2.75, 3.05) is 0 Å². The van der Waals surface area contributed by atoms with Crippen molar-refractivity contribution in [3.05, 3.63) is 20.8 Å². The molecule has 0 bridgehead atoms. The molecule has 0 aromatic carbocycles. The topological polar surface area (TPSA) is 54.4 Å². The van der Waals surface area contributed by atoms with E-state index in [9.17, 15) is 9.59 Å². The van der Waals surface area contributed by atoms with Crippen LogP contribution in [-0.4, -0.2) is 16.9 Å². The second kappa shape index (κ2) is 4.02. The van der Waals surface area contributed by atoms with E-state index in [-0.39, 0.29) is 5.78 Å². The van der Waals surface area contributed by atoms with Crippen molar-refractivity contribution in [2.24, 2.45) is 5.92 Å². The molecule has 1 unspecified atom stereocenters. The third kappa shape index (κ3) is 2.38. The maximum Gasteiger partial charge on any atom is 0.314 e. The molecule has 1 atom stereocenters. The average Bonchev–Trinajstić information content (AvgIpc) is 2.49. The van der Waals surface area contributed by atoms with Crippen LogP contribution >= 0.6 is 27.3 Å². The van der Waals surface area contributed by atoms with Gasteiger partial charge in [0.2, 0.25) is 0 Å². The molecular formula is C8H7BrO3S. The van der Waals surface area contributed by atoms with Gasteiger partial charge in [-0.3, -0.25) is 9.59 Å². The van der Waals surface area contributed by atoms with Crippen molar-refractivity contribution in [1.29, 1.82) is 0 Å². The predicted octanol–water partition coefficient (Wildman–Crippen LogP) is 2.41. The summed E-state index contributed by atoms with van der Waals surface area (Å²) in [6.45, 7) is 1.39. The second-order valence-electron chi connectivity index (χ2n) is 2.53. The molecule has 0 amide bonds. The highest BCUT2D eigenvalue weighted by atomic mass is 79.9. The SMILES string of the molecule is CC(C(=O)O)C(=O)c1ccc(Br)s1. The molecule has 0 aliphatic rings. The van der Waals surface area contributed by atoms with Gasteiger partial charge in [0.05, 0.1) is 8.66 Å². The zero-order chi connectivity index (χ0) is 10.0. The van der Waals surface area contributed by atoms with Gasteiger partial charge in [-0.15, -0.1) is 11.3 Å². The minimum absolute atomic E-state index is 0.344. The van der Waals surface area contributed by atoms with E-state index in [0.29, 0.717) is 4.88 Å². The lowest BCUT2D eigenvalue weighted by Gasteiger charge is -2.01. The van der Waals surface area contributed by atoms with E-state index >= 15 is 0 Å². The summed E-state index contributed by atoms with van der Waals surface area (Å²) in [5.41, 5.74) is 0. The number of rotatable bonds is 3. The van der Waals surface area contributed by atoms with E-state index in [4.69, 9.17) is 5.11 Å². The van der Waals surface area contributed by atoms with E-state index in [1.54, 1.807) is 12.1 Å².